The van der Waals surface area contributed by atoms with Gasteiger partial charge in [0.1, 0.15) is 13.2 Å². The second-order valence-corrected chi connectivity index (χ2v) is 21.3. The van der Waals surface area contributed by atoms with Crippen molar-refractivity contribution in [3.63, 3.8) is 0 Å². The van der Waals surface area contributed by atoms with Crippen molar-refractivity contribution in [3.05, 3.63) is 36.5 Å². The van der Waals surface area contributed by atoms with Gasteiger partial charge in [0.2, 0.25) is 0 Å². The van der Waals surface area contributed by atoms with Crippen LogP contribution in [0.3, 0.4) is 0 Å². The Morgan fingerprint density at radius 2 is 0.771 bits per heavy atom. The molecule has 0 heterocycles. The molecule has 0 aliphatic carbocycles. The van der Waals surface area contributed by atoms with Gasteiger partial charge in [0, 0.05) is 12.8 Å². The van der Waals surface area contributed by atoms with Crippen molar-refractivity contribution >= 4 is 17.9 Å². The van der Waals surface area contributed by atoms with Gasteiger partial charge < -0.3 is 33.3 Å². The Labute approximate surface area is 432 Å². The van der Waals surface area contributed by atoms with Crippen LogP contribution in [0.5, 0.6) is 0 Å². The molecular formula is C61H113NO8. The lowest BCUT2D eigenvalue weighted by atomic mass is 10.0. The second kappa shape index (κ2) is 52.8. The number of carboxylic acid groups (broad SMARTS) is 1. The van der Waals surface area contributed by atoms with Gasteiger partial charge in [0.15, 0.2) is 12.4 Å². The predicted octanol–water partition coefficient (Wildman–Crippen LogP) is 16.0. The van der Waals surface area contributed by atoms with E-state index in [1.165, 1.54) is 205 Å². The fourth-order valence-electron chi connectivity index (χ4n) is 8.50. The van der Waals surface area contributed by atoms with Crippen LogP contribution in [-0.4, -0.2) is 82.3 Å². The van der Waals surface area contributed by atoms with Crippen LogP contribution >= 0.6 is 0 Å². The molecule has 0 aliphatic rings. The third-order valence-corrected chi connectivity index (χ3v) is 13.1. The Bertz CT molecular complexity index is 1240. The number of hydrogen-bond donors (Lipinski definition) is 0. The van der Waals surface area contributed by atoms with Crippen LogP contribution in [0.1, 0.15) is 277 Å². The number of unbranched alkanes of at least 4 members (excludes halogenated alkanes) is 34. The summed E-state index contributed by atoms with van der Waals surface area (Å²) < 4.78 is 22.7. The van der Waals surface area contributed by atoms with Gasteiger partial charge >= 0.3 is 11.9 Å². The number of allylic oxidation sites excluding steroid dienone is 6. The van der Waals surface area contributed by atoms with E-state index in [-0.39, 0.29) is 38.6 Å². The number of esters is 2. The summed E-state index contributed by atoms with van der Waals surface area (Å²) in [4.78, 5) is 37.3. The van der Waals surface area contributed by atoms with E-state index in [9.17, 15) is 19.5 Å². The second-order valence-electron chi connectivity index (χ2n) is 21.3. The van der Waals surface area contributed by atoms with E-state index in [0.717, 1.165) is 38.5 Å². The molecule has 0 spiro atoms. The quantitative estimate of drug-likeness (QED) is 0.0195. The molecule has 0 rings (SSSR count). The highest BCUT2D eigenvalue weighted by molar-refractivity contribution is 5.70. The lowest BCUT2D eigenvalue weighted by Gasteiger charge is -2.26. The van der Waals surface area contributed by atoms with Crippen LogP contribution in [0.15, 0.2) is 36.5 Å². The minimum atomic E-state index is -1.62. The Balaban J connectivity index is 4.19. The number of carboxylic acids is 1. The number of aliphatic carboxylic acids is 1. The van der Waals surface area contributed by atoms with E-state index >= 15 is 0 Å². The molecule has 0 aromatic carbocycles. The van der Waals surface area contributed by atoms with Gasteiger partial charge in [-0.2, -0.15) is 0 Å². The van der Waals surface area contributed by atoms with Gasteiger partial charge in [-0.15, -0.1) is 0 Å². The largest absolute Gasteiger partial charge is 0.545 e. The average molecular weight is 989 g/mol. The number of carbonyl (C=O) groups excluding carboxylic acids is 3. The molecule has 0 saturated carbocycles. The minimum Gasteiger partial charge on any atom is -0.545 e. The summed E-state index contributed by atoms with van der Waals surface area (Å²) in [6.07, 6.45) is 60.5. The molecule has 0 radical (unpaired) electrons. The summed E-state index contributed by atoms with van der Waals surface area (Å²) >= 11 is 0. The molecule has 9 nitrogen and oxygen atoms in total. The highest BCUT2D eigenvalue weighted by atomic mass is 16.7. The van der Waals surface area contributed by atoms with Crippen molar-refractivity contribution in [1.82, 2.24) is 0 Å². The summed E-state index contributed by atoms with van der Waals surface area (Å²) in [5.41, 5.74) is 0. The van der Waals surface area contributed by atoms with Crippen LogP contribution in [0.4, 0.5) is 0 Å². The summed E-state index contributed by atoms with van der Waals surface area (Å²) in [5, 5.41) is 11.8. The van der Waals surface area contributed by atoms with Crippen LogP contribution < -0.4 is 5.11 Å². The molecule has 70 heavy (non-hydrogen) atoms. The normalized spacial score (nSPS) is 13.0. The first-order valence-corrected chi connectivity index (χ1v) is 29.6. The molecule has 2 unspecified atom stereocenters. The molecule has 0 amide bonds. The van der Waals surface area contributed by atoms with E-state index in [4.69, 9.17) is 18.9 Å². The van der Waals surface area contributed by atoms with Crippen LogP contribution in [0.25, 0.3) is 0 Å². The molecule has 9 heteroatoms. The van der Waals surface area contributed by atoms with Crippen molar-refractivity contribution in [1.29, 1.82) is 0 Å². The van der Waals surface area contributed by atoms with Gasteiger partial charge in [-0.05, 0) is 70.6 Å². The molecule has 0 fully saturated rings. The van der Waals surface area contributed by atoms with Gasteiger partial charge in [-0.3, -0.25) is 9.59 Å². The molecular weight excluding hydrogens is 875 g/mol. The van der Waals surface area contributed by atoms with Crippen molar-refractivity contribution in [2.45, 2.75) is 289 Å². The number of quaternary nitrogens is 1. The molecule has 0 bridgehead atoms. The number of hydrogen-bond acceptors (Lipinski definition) is 8. The van der Waals surface area contributed by atoms with Crippen LogP contribution in [-0.2, 0) is 33.3 Å². The SMILES string of the molecule is CCCCCCC/C=C\C/C=C\CCCCCCCCCCCCCCCCCC(=O)OC(COC(=O)CCCCCCCCC/C=C\CCCCCCCCC)COC(OCC[N+](C)(C)C)C(=O)[O-]. The number of nitrogens with zero attached hydrogens (tertiary/aromatic N) is 1. The number of likely N-dealkylation sites (N-methyl/N-ethyl adjacent to an activating group) is 1. The van der Waals surface area contributed by atoms with Crippen LogP contribution in [0.2, 0.25) is 0 Å². The lowest BCUT2D eigenvalue weighted by molar-refractivity contribution is -0.870. The zero-order valence-corrected chi connectivity index (χ0v) is 46.7. The van der Waals surface area contributed by atoms with E-state index in [2.05, 4.69) is 50.3 Å². The molecule has 410 valence electrons. The van der Waals surface area contributed by atoms with Crippen molar-refractivity contribution in [2.75, 3.05) is 47.5 Å². The van der Waals surface area contributed by atoms with E-state index in [0.29, 0.717) is 17.4 Å². The van der Waals surface area contributed by atoms with E-state index in [1.54, 1.807) is 0 Å². The molecule has 0 N–H and O–H groups in total. The predicted molar refractivity (Wildman–Crippen MR) is 293 cm³/mol. The third-order valence-electron chi connectivity index (χ3n) is 13.1. The first kappa shape index (κ1) is 67.5. The first-order chi connectivity index (χ1) is 34.1. The van der Waals surface area contributed by atoms with E-state index in [1.807, 2.05) is 21.1 Å². The Kier molecular flexibility index (Phi) is 50.9. The van der Waals surface area contributed by atoms with Crippen molar-refractivity contribution in [2.24, 2.45) is 0 Å². The molecule has 2 atom stereocenters. The fraction of sp³-hybridized carbons (Fsp3) is 0.852. The van der Waals surface area contributed by atoms with Gasteiger partial charge in [-0.25, -0.2) is 0 Å². The maximum Gasteiger partial charge on any atom is 0.306 e. The molecule has 0 aliphatic heterocycles. The topological polar surface area (TPSA) is 111 Å². The van der Waals surface area contributed by atoms with Gasteiger partial charge in [-0.1, -0.05) is 230 Å². The van der Waals surface area contributed by atoms with Crippen LogP contribution in [0, 0.1) is 0 Å². The Morgan fingerprint density at radius 3 is 1.14 bits per heavy atom. The monoisotopic (exact) mass is 988 g/mol. The third kappa shape index (κ3) is 53.3. The molecule has 0 aromatic rings. The molecule has 0 aromatic heterocycles. The zero-order chi connectivity index (χ0) is 51.3. The summed E-state index contributed by atoms with van der Waals surface area (Å²) in [5.74, 6) is -2.27. The highest BCUT2D eigenvalue weighted by Crippen LogP contribution is 2.16. The van der Waals surface area contributed by atoms with Crippen molar-refractivity contribution < 1.29 is 42.9 Å². The minimum absolute atomic E-state index is 0.148. The van der Waals surface area contributed by atoms with E-state index < -0.39 is 24.3 Å². The van der Waals surface area contributed by atoms with Gasteiger partial charge in [0.25, 0.3) is 0 Å². The summed E-state index contributed by atoms with van der Waals surface area (Å²) in [6, 6.07) is 0. The summed E-state index contributed by atoms with van der Waals surface area (Å²) in [6.45, 7) is 4.77. The maximum atomic E-state index is 12.9. The number of ether oxygens (including phenoxy) is 4. The number of carbonyl (C=O) groups is 3. The summed E-state index contributed by atoms with van der Waals surface area (Å²) in [7, 11) is 5.93. The smallest absolute Gasteiger partial charge is 0.306 e. The highest BCUT2D eigenvalue weighted by Gasteiger charge is 2.22. The standard InChI is InChI=1S/C61H113NO8/c1-6-8-10-12-14-16-18-20-22-24-26-27-28-29-30-31-32-33-34-36-38-40-42-44-46-48-50-52-59(64)70-57(56-69-61(60(65)66)67-54-53-62(3,4)5)55-68-58(63)51-49-47-45-43-41-39-37-35-25-23-21-19-17-15-13-11-9-7-2/h18,20,23-26,57,61H,6-17,19,21-22,27-56H2,1-5H3/b20-18-,25-23-,26-24-. The number of rotatable bonds is 55. The van der Waals surface area contributed by atoms with Crippen molar-refractivity contribution in [3.8, 4) is 0 Å². The maximum absolute atomic E-state index is 12.9. The lowest BCUT2D eigenvalue weighted by Crippen LogP contribution is -2.44. The van der Waals surface area contributed by atoms with Gasteiger partial charge in [0.05, 0.1) is 40.3 Å². The fourth-order valence-corrected chi connectivity index (χ4v) is 8.50. The molecule has 0 saturated heterocycles. The zero-order valence-electron chi connectivity index (χ0n) is 46.7. The average Bonchev–Trinajstić information content (AvgIpc) is 3.33. The Morgan fingerprint density at radius 1 is 0.429 bits per heavy atom. The Hall–Kier alpha value is -2.49. The first-order valence-electron chi connectivity index (χ1n) is 29.6.